The number of nitrogens with zero attached hydrogens (tertiary/aromatic N) is 1. The van der Waals surface area contributed by atoms with Gasteiger partial charge >= 0.3 is 0 Å². The maximum Gasteiger partial charge on any atom is 0.0632 e. The van der Waals surface area contributed by atoms with Crippen molar-refractivity contribution in [1.82, 2.24) is 4.31 Å². The van der Waals surface area contributed by atoms with Crippen LogP contribution in [0.25, 0.3) is 0 Å². The minimum Gasteiger partial charge on any atom is -0.394 e. The van der Waals surface area contributed by atoms with Gasteiger partial charge in [0.2, 0.25) is 0 Å². The van der Waals surface area contributed by atoms with E-state index >= 15 is 0 Å². The molecule has 1 N–H and O–H groups in total. The van der Waals surface area contributed by atoms with E-state index in [0.29, 0.717) is 0 Å². The highest BCUT2D eigenvalue weighted by Crippen LogP contribution is 2.24. The van der Waals surface area contributed by atoms with E-state index < -0.39 is 0 Å². The standard InChI is InChI=1S/C12H23NOS/c1-2-3-4-5-6-7-9-13-12(11-14)8-10-15-13/h8,10,12,14H,2-7,9,11H2,1H3. The van der Waals surface area contributed by atoms with Gasteiger partial charge in [-0.1, -0.05) is 45.1 Å². The number of aliphatic hydroxyl groups excluding tert-OH is 1. The van der Waals surface area contributed by atoms with E-state index in [2.05, 4.69) is 22.7 Å². The average molecular weight is 229 g/mol. The summed E-state index contributed by atoms with van der Waals surface area (Å²) in [4.78, 5) is 0. The fourth-order valence-electron chi connectivity index (χ4n) is 1.80. The summed E-state index contributed by atoms with van der Waals surface area (Å²) in [5.41, 5.74) is 0. The Balaban J connectivity index is 1.96. The molecule has 0 fully saturated rings. The molecule has 88 valence electrons. The van der Waals surface area contributed by atoms with Gasteiger partial charge in [-0.2, -0.15) is 0 Å². The van der Waals surface area contributed by atoms with Crippen LogP contribution >= 0.6 is 11.9 Å². The molecule has 1 aliphatic heterocycles. The van der Waals surface area contributed by atoms with Crippen molar-refractivity contribution in [3.05, 3.63) is 11.5 Å². The van der Waals surface area contributed by atoms with Gasteiger partial charge in [0.15, 0.2) is 0 Å². The molecule has 1 atom stereocenters. The van der Waals surface area contributed by atoms with Crippen LogP contribution in [0.5, 0.6) is 0 Å². The summed E-state index contributed by atoms with van der Waals surface area (Å²) in [7, 11) is 0. The van der Waals surface area contributed by atoms with Gasteiger partial charge in [-0.15, -0.1) is 0 Å². The smallest absolute Gasteiger partial charge is 0.0632 e. The third-order valence-electron chi connectivity index (χ3n) is 2.79. The summed E-state index contributed by atoms with van der Waals surface area (Å²) < 4.78 is 2.28. The van der Waals surface area contributed by atoms with Crippen molar-refractivity contribution in [2.45, 2.75) is 51.5 Å². The van der Waals surface area contributed by atoms with Crippen molar-refractivity contribution < 1.29 is 5.11 Å². The molecule has 0 spiro atoms. The summed E-state index contributed by atoms with van der Waals surface area (Å²) >= 11 is 1.74. The molecule has 0 aromatic rings. The molecular weight excluding hydrogens is 206 g/mol. The van der Waals surface area contributed by atoms with Crippen LogP contribution in [0.1, 0.15) is 45.4 Å². The number of hydrogen-bond donors (Lipinski definition) is 1. The van der Waals surface area contributed by atoms with Crippen LogP contribution in [0, 0.1) is 0 Å². The molecule has 0 aromatic carbocycles. The van der Waals surface area contributed by atoms with E-state index in [1.54, 1.807) is 11.9 Å². The Morgan fingerprint density at radius 2 is 1.93 bits per heavy atom. The van der Waals surface area contributed by atoms with Crippen molar-refractivity contribution in [2.75, 3.05) is 13.2 Å². The van der Waals surface area contributed by atoms with Crippen molar-refractivity contribution in [2.24, 2.45) is 0 Å². The van der Waals surface area contributed by atoms with Crippen LogP contribution in [-0.2, 0) is 0 Å². The monoisotopic (exact) mass is 229 g/mol. The summed E-state index contributed by atoms with van der Waals surface area (Å²) in [5.74, 6) is 0. The predicted octanol–water partition coefficient (Wildman–Crippen LogP) is 3.19. The molecule has 0 aliphatic carbocycles. The molecular formula is C12H23NOS. The lowest BCUT2D eigenvalue weighted by Gasteiger charge is -2.20. The fraction of sp³-hybridized carbons (Fsp3) is 0.833. The first-order chi connectivity index (χ1) is 7.38. The van der Waals surface area contributed by atoms with Crippen LogP contribution < -0.4 is 0 Å². The highest BCUT2D eigenvalue weighted by molar-refractivity contribution is 8.00. The van der Waals surface area contributed by atoms with Crippen LogP contribution in [0.2, 0.25) is 0 Å². The van der Waals surface area contributed by atoms with E-state index in [0.717, 1.165) is 6.54 Å². The van der Waals surface area contributed by atoms with E-state index in [9.17, 15) is 0 Å². The van der Waals surface area contributed by atoms with Gasteiger partial charge in [-0.25, -0.2) is 4.31 Å². The van der Waals surface area contributed by atoms with Gasteiger partial charge in [0, 0.05) is 6.54 Å². The van der Waals surface area contributed by atoms with Gasteiger partial charge in [-0.05, 0) is 23.8 Å². The molecule has 1 heterocycles. The predicted molar refractivity (Wildman–Crippen MR) is 67.7 cm³/mol. The minimum atomic E-state index is 0.249. The Morgan fingerprint density at radius 1 is 1.20 bits per heavy atom. The number of rotatable bonds is 8. The first-order valence-electron chi connectivity index (χ1n) is 6.09. The number of hydrogen-bond acceptors (Lipinski definition) is 3. The normalized spacial score (nSPS) is 21.3. The Morgan fingerprint density at radius 3 is 2.67 bits per heavy atom. The first-order valence-corrected chi connectivity index (χ1v) is 6.93. The van der Waals surface area contributed by atoms with Crippen LogP contribution in [0.4, 0.5) is 0 Å². The molecule has 1 unspecified atom stereocenters. The lowest BCUT2D eigenvalue weighted by Crippen LogP contribution is -2.28. The molecule has 0 bridgehead atoms. The van der Waals surface area contributed by atoms with Crippen LogP contribution in [0.3, 0.4) is 0 Å². The zero-order chi connectivity index (χ0) is 10.9. The van der Waals surface area contributed by atoms with Gasteiger partial charge in [0.25, 0.3) is 0 Å². The third-order valence-corrected chi connectivity index (χ3v) is 3.79. The Hall–Kier alpha value is 0.01000. The lowest BCUT2D eigenvalue weighted by molar-refractivity contribution is 0.225. The molecule has 0 saturated heterocycles. The van der Waals surface area contributed by atoms with Gasteiger partial charge in [0.1, 0.15) is 0 Å². The zero-order valence-electron chi connectivity index (χ0n) is 9.69. The molecule has 0 amide bonds. The second-order valence-corrected chi connectivity index (χ2v) is 5.04. The maximum absolute atomic E-state index is 9.10. The topological polar surface area (TPSA) is 23.5 Å². The minimum absolute atomic E-state index is 0.249. The quantitative estimate of drug-likeness (QED) is 0.511. The number of aliphatic hydroxyl groups is 1. The summed E-state index contributed by atoms with van der Waals surface area (Å²) in [5, 5.41) is 11.2. The summed E-state index contributed by atoms with van der Waals surface area (Å²) in [6.45, 7) is 3.60. The zero-order valence-corrected chi connectivity index (χ0v) is 10.5. The van der Waals surface area contributed by atoms with Crippen molar-refractivity contribution in [1.29, 1.82) is 0 Å². The Labute approximate surface area is 97.9 Å². The van der Waals surface area contributed by atoms with Gasteiger partial charge < -0.3 is 5.11 Å². The molecule has 0 aromatic heterocycles. The lowest BCUT2D eigenvalue weighted by atomic mass is 10.1. The highest BCUT2D eigenvalue weighted by atomic mass is 32.2. The molecule has 3 heteroatoms. The van der Waals surface area contributed by atoms with Gasteiger partial charge in [0.05, 0.1) is 12.6 Å². The van der Waals surface area contributed by atoms with E-state index in [1.807, 2.05) is 0 Å². The molecule has 0 radical (unpaired) electrons. The summed E-state index contributed by atoms with van der Waals surface area (Å²) in [6, 6.07) is 0.255. The molecule has 1 aliphatic rings. The largest absolute Gasteiger partial charge is 0.394 e. The Kier molecular flexibility index (Phi) is 7.14. The first kappa shape index (κ1) is 13.1. The third kappa shape index (κ3) is 5.05. The average Bonchev–Trinajstić information content (AvgIpc) is 2.70. The molecule has 1 rings (SSSR count). The fourth-order valence-corrected chi connectivity index (χ4v) is 2.73. The van der Waals surface area contributed by atoms with E-state index in [1.165, 1.54) is 38.5 Å². The summed E-state index contributed by atoms with van der Waals surface area (Å²) in [6.07, 6.45) is 10.1. The highest BCUT2D eigenvalue weighted by Gasteiger charge is 2.18. The second-order valence-electron chi connectivity index (χ2n) is 4.09. The molecule has 15 heavy (non-hydrogen) atoms. The number of unbranched alkanes of at least 4 members (excludes halogenated alkanes) is 5. The SMILES string of the molecule is CCCCCCCCN1SC=CC1CO. The van der Waals surface area contributed by atoms with Crippen LogP contribution in [-0.4, -0.2) is 28.6 Å². The maximum atomic E-state index is 9.10. The van der Waals surface area contributed by atoms with E-state index in [-0.39, 0.29) is 12.6 Å². The van der Waals surface area contributed by atoms with Crippen molar-refractivity contribution >= 4 is 11.9 Å². The van der Waals surface area contributed by atoms with Crippen molar-refractivity contribution in [3.8, 4) is 0 Å². The van der Waals surface area contributed by atoms with E-state index in [4.69, 9.17) is 5.11 Å². The second kappa shape index (κ2) is 8.20. The van der Waals surface area contributed by atoms with Gasteiger partial charge in [-0.3, -0.25) is 0 Å². The van der Waals surface area contributed by atoms with Crippen LogP contribution in [0.15, 0.2) is 11.5 Å². The van der Waals surface area contributed by atoms with Crippen molar-refractivity contribution in [3.63, 3.8) is 0 Å². The molecule has 0 saturated carbocycles. The Bertz CT molecular complexity index is 184. The molecule has 2 nitrogen and oxygen atoms in total.